The van der Waals surface area contributed by atoms with Gasteiger partial charge in [-0.05, 0) is 41.0 Å². The topological polar surface area (TPSA) is 98.5 Å². The van der Waals surface area contributed by atoms with Crippen molar-refractivity contribution in [3.8, 4) is 0 Å². The molecule has 8 heteroatoms. The third-order valence-electron chi connectivity index (χ3n) is 2.75. The predicted molar refractivity (Wildman–Crippen MR) is 77.3 cm³/mol. The van der Waals surface area contributed by atoms with Crippen molar-refractivity contribution in [2.75, 3.05) is 5.75 Å². The predicted octanol–water partition coefficient (Wildman–Crippen LogP) is 1.09. The van der Waals surface area contributed by atoms with Crippen LogP contribution in [0.1, 0.15) is 37.8 Å². The summed E-state index contributed by atoms with van der Waals surface area (Å²) in [4.78, 5) is 11.4. The summed E-state index contributed by atoms with van der Waals surface area (Å²) >= 11 is 0. The van der Waals surface area contributed by atoms with E-state index >= 15 is 0 Å². The van der Waals surface area contributed by atoms with Gasteiger partial charge in [0.1, 0.15) is 5.76 Å². The van der Waals surface area contributed by atoms with Gasteiger partial charge in [-0.25, -0.2) is 13.1 Å². The van der Waals surface area contributed by atoms with E-state index < -0.39 is 21.7 Å². The number of nitrogens with zero attached hydrogens (tertiary/aromatic N) is 1. The molecule has 1 rings (SSSR count). The summed E-state index contributed by atoms with van der Waals surface area (Å²) in [7, 11) is -3.73. The first kappa shape index (κ1) is 17.6. The average Bonchev–Trinajstić information content (AvgIpc) is 2.57. The van der Waals surface area contributed by atoms with Crippen molar-refractivity contribution >= 4 is 16.0 Å². The van der Waals surface area contributed by atoms with E-state index in [1.54, 1.807) is 34.6 Å². The fourth-order valence-electron chi connectivity index (χ4n) is 1.94. The minimum absolute atomic E-state index is 0.340. The van der Waals surface area contributed by atoms with E-state index in [2.05, 4.69) is 9.88 Å². The maximum Gasteiger partial charge on any atom is 0.322 e. The highest BCUT2D eigenvalue weighted by Crippen LogP contribution is 2.14. The lowest BCUT2D eigenvalue weighted by Crippen LogP contribution is -2.38. The quantitative estimate of drug-likeness (QED) is 0.756. The Kier molecular flexibility index (Phi) is 5.91. The van der Waals surface area contributed by atoms with Crippen LogP contribution in [0.3, 0.4) is 0 Å². The highest BCUT2D eigenvalue weighted by atomic mass is 32.2. The van der Waals surface area contributed by atoms with E-state index in [0.717, 1.165) is 11.3 Å². The van der Waals surface area contributed by atoms with Gasteiger partial charge in [0, 0.05) is 11.6 Å². The lowest BCUT2D eigenvalue weighted by atomic mass is 10.1. The largest absolute Gasteiger partial charge is 0.462 e. The highest BCUT2D eigenvalue weighted by molar-refractivity contribution is 7.90. The Labute approximate surface area is 125 Å². The van der Waals surface area contributed by atoms with Crippen molar-refractivity contribution in [3.63, 3.8) is 0 Å². The Bertz CT molecular complexity index is 572. The Morgan fingerprint density at radius 2 is 1.95 bits per heavy atom. The van der Waals surface area contributed by atoms with Crippen LogP contribution in [0.15, 0.2) is 4.52 Å². The SMILES string of the molecule is Cc1noc(C)c1CC(C)NS(=O)(=O)CC(=O)OC(C)C. The number of aryl methyl sites for hydroxylation is 2. The molecule has 1 aromatic heterocycles. The third-order valence-corrected chi connectivity index (χ3v) is 4.12. The smallest absolute Gasteiger partial charge is 0.322 e. The number of sulfonamides is 1. The second-order valence-corrected chi connectivity index (χ2v) is 7.08. The molecule has 0 spiro atoms. The van der Waals surface area contributed by atoms with E-state index in [-0.39, 0.29) is 12.1 Å². The van der Waals surface area contributed by atoms with Crippen LogP contribution in [-0.2, 0) is 26.0 Å². The molecular formula is C13H22N2O5S. The molecular weight excluding hydrogens is 296 g/mol. The van der Waals surface area contributed by atoms with E-state index in [1.165, 1.54) is 0 Å². The van der Waals surface area contributed by atoms with Crippen molar-refractivity contribution in [1.82, 2.24) is 9.88 Å². The second kappa shape index (κ2) is 7.04. The standard InChI is InChI=1S/C13H22N2O5S/c1-8(2)19-13(16)7-21(17,18)15-9(3)6-12-10(4)14-20-11(12)5/h8-9,15H,6-7H2,1-5H3. The summed E-state index contributed by atoms with van der Waals surface area (Å²) < 4.78 is 36.1. The second-order valence-electron chi connectivity index (χ2n) is 5.32. The van der Waals surface area contributed by atoms with Gasteiger partial charge in [0.2, 0.25) is 10.0 Å². The number of nitrogens with one attached hydrogen (secondary N) is 1. The molecule has 7 nitrogen and oxygen atoms in total. The van der Waals surface area contributed by atoms with Gasteiger partial charge >= 0.3 is 5.97 Å². The van der Waals surface area contributed by atoms with Gasteiger partial charge in [0.25, 0.3) is 0 Å². The molecule has 0 saturated carbocycles. The molecule has 21 heavy (non-hydrogen) atoms. The highest BCUT2D eigenvalue weighted by Gasteiger charge is 2.22. The van der Waals surface area contributed by atoms with Crippen LogP contribution in [-0.4, -0.2) is 37.4 Å². The normalized spacial score (nSPS) is 13.4. The molecule has 1 aromatic rings. The molecule has 120 valence electrons. The number of rotatable bonds is 7. The molecule has 0 aliphatic heterocycles. The lowest BCUT2D eigenvalue weighted by molar-refractivity contribution is -0.144. The van der Waals surface area contributed by atoms with Crippen molar-refractivity contribution in [1.29, 1.82) is 0 Å². The molecule has 1 atom stereocenters. The monoisotopic (exact) mass is 318 g/mol. The van der Waals surface area contributed by atoms with Gasteiger partial charge in [0.15, 0.2) is 5.75 Å². The number of hydrogen-bond acceptors (Lipinski definition) is 6. The summed E-state index contributed by atoms with van der Waals surface area (Å²) in [6, 6.07) is -0.376. The Morgan fingerprint density at radius 3 is 2.43 bits per heavy atom. The number of ether oxygens (including phenoxy) is 1. The molecule has 0 radical (unpaired) electrons. The Hall–Kier alpha value is -1.41. The van der Waals surface area contributed by atoms with E-state index in [9.17, 15) is 13.2 Å². The first-order valence-electron chi connectivity index (χ1n) is 6.72. The van der Waals surface area contributed by atoms with E-state index in [4.69, 9.17) is 9.26 Å². The first-order valence-corrected chi connectivity index (χ1v) is 8.37. The van der Waals surface area contributed by atoms with Gasteiger partial charge < -0.3 is 9.26 Å². The summed E-state index contributed by atoms with van der Waals surface area (Å²) in [5.41, 5.74) is 1.60. The molecule has 0 aliphatic rings. The van der Waals surface area contributed by atoms with Crippen LogP contribution in [0.4, 0.5) is 0 Å². The van der Waals surface area contributed by atoms with Gasteiger partial charge in [0.05, 0.1) is 11.8 Å². The molecule has 0 saturated heterocycles. The summed E-state index contributed by atoms with van der Waals surface area (Å²) in [6.45, 7) is 8.62. The van der Waals surface area contributed by atoms with E-state index in [0.29, 0.717) is 12.2 Å². The molecule has 0 aromatic carbocycles. The van der Waals surface area contributed by atoms with Gasteiger partial charge in [-0.15, -0.1) is 0 Å². The van der Waals surface area contributed by atoms with Crippen molar-refractivity contribution in [2.24, 2.45) is 0 Å². The number of carbonyl (C=O) groups excluding carboxylic acids is 1. The van der Waals surface area contributed by atoms with Crippen molar-refractivity contribution in [3.05, 3.63) is 17.0 Å². The zero-order valence-corrected chi connectivity index (χ0v) is 13.8. The maximum atomic E-state index is 11.9. The molecule has 0 fully saturated rings. The van der Waals surface area contributed by atoms with Crippen LogP contribution < -0.4 is 4.72 Å². The lowest BCUT2D eigenvalue weighted by Gasteiger charge is -2.14. The molecule has 0 bridgehead atoms. The molecule has 1 unspecified atom stereocenters. The molecule has 0 amide bonds. The minimum atomic E-state index is -3.73. The van der Waals surface area contributed by atoms with Crippen LogP contribution in [0.25, 0.3) is 0 Å². The zero-order chi connectivity index (χ0) is 16.2. The fraction of sp³-hybridized carbons (Fsp3) is 0.692. The number of carbonyl (C=O) groups is 1. The van der Waals surface area contributed by atoms with Gasteiger partial charge in [-0.1, -0.05) is 5.16 Å². The first-order chi connectivity index (χ1) is 9.60. The average molecular weight is 318 g/mol. The summed E-state index contributed by atoms with van der Waals surface area (Å²) in [5, 5.41) is 3.82. The molecule has 0 aliphatic carbocycles. The van der Waals surface area contributed by atoms with Gasteiger partial charge in [-0.2, -0.15) is 0 Å². The zero-order valence-electron chi connectivity index (χ0n) is 13.0. The van der Waals surface area contributed by atoms with E-state index in [1.807, 2.05) is 0 Å². The van der Waals surface area contributed by atoms with Crippen molar-refractivity contribution < 1.29 is 22.5 Å². The summed E-state index contributed by atoms with van der Waals surface area (Å²) in [5.74, 6) is -0.781. The molecule has 1 heterocycles. The van der Waals surface area contributed by atoms with Crippen molar-refractivity contribution in [2.45, 2.75) is 53.2 Å². The Balaban J connectivity index is 2.61. The fourth-order valence-corrected chi connectivity index (χ4v) is 3.10. The number of esters is 1. The minimum Gasteiger partial charge on any atom is -0.462 e. The van der Waals surface area contributed by atoms with Crippen LogP contribution >= 0.6 is 0 Å². The number of aromatic nitrogens is 1. The van der Waals surface area contributed by atoms with Gasteiger partial charge in [-0.3, -0.25) is 4.79 Å². The third kappa shape index (κ3) is 5.84. The number of hydrogen-bond donors (Lipinski definition) is 1. The Morgan fingerprint density at radius 1 is 1.33 bits per heavy atom. The van der Waals surface area contributed by atoms with Crippen LogP contribution in [0.2, 0.25) is 0 Å². The summed E-state index contributed by atoms with van der Waals surface area (Å²) in [6.07, 6.45) is 0.104. The van der Waals surface area contributed by atoms with Crippen LogP contribution in [0, 0.1) is 13.8 Å². The maximum absolute atomic E-state index is 11.9. The molecule has 1 N–H and O–H groups in total. The van der Waals surface area contributed by atoms with Crippen LogP contribution in [0.5, 0.6) is 0 Å².